The molecule has 0 radical (unpaired) electrons. The fourth-order valence-corrected chi connectivity index (χ4v) is 3.19. The number of rotatable bonds is 3. The van der Waals surface area contributed by atoms with Crippen LogP contribution in [-0.2, 0) is 4.74 Å². The van der Waals surface area contributed by atoms with E-state index in [1.807, 2.05) is 0 Å². The van der Waals surface area contributed by atoms with Crippen LogP contribution in [0.1, 0.15) is 46.5 Å². The maximum Gasteiger partial charge on any atom is 0.118 e. The number of hydrogen-bond acceptors (Lipinski definition) is 3. The van der Waals surface area contributed by atoms with Gasteiger partial charge in [-0.05, 0) is 39.8 Å². The topological polar surface area (TPSA) is 24.5 Å². The minimum atomic E-state index is -0.0884. The molecule has 3 atom stereocenters. The van der Waals surface area contributed by atoms with Gasteiger partial charge in [-0.25, -0.2) is 0 Å². The highest BCUT2D eigenvalue weighted by Gasteiger charge is 2.37. The smallest absolute Gasteiger partial charge is 0.118 e. The molecule has 4 heteroatoms. The molecule has 0 aliphatic carbocycles. The van der Waals surface area contributed by atoms with Gasteiger partial charge in [0.1, 0.15) is 5.72 Å². The van der Waals surface area contributed by atoms with Gasteiger partial charge in [-0.2, -0.15) is 0 Å². The lowest BCUT2D eigenvalue weighted by Crippen LogP contribution is -2.49. The van der Waals surface area contributed by atoms with Crippen molar-refractivity contribution in [3.63, 3.8) is 0 Å². The first-order valence-electron chi connectivity index (χ1n) is 6.78. The number of likely N-dealkylation sites (tertiary alicyclic amines) is 1. The summed E-state index contributed by atoms with van der Waals surface area (Å²) < 4.78 is 5.91. The summed E-state index contributed by atoms with van der Waals surface area (Å²) in [5.41, 5.74) is -0.0884. The Kier molecular flexibility index (Phi) is 5.71. The molecule has 2 aliphatic heterocycles. The van der Waals surface area contributed by atoms with Crippen LogP contribution in [0.15, 0.2) is 0 Å². The lowest BCUT2D eigenvalue weighted by Gasteiger charge is -2.39. The summed E-state index contributed by atoms with van der Waals surface area (Å²) in [6, 6.07) is 1.21. The largest absolute Gasteiger partial charge is 0.359 e. The highest BCUT2D eigenvalue weighted by Crippen LogP contribution is 2.28. The van der Waals surface area contributed by atoms with Gasteiger partial charge in [0.25, 0.3) is 0 Å². The predicted molar refractivity (Wildman–Crippen MR) is 73.7 cm³/mol. The predicted octanol–water partition coefficient (Wildman–Crippen LogP) is 2.40. The Labute approximate surface area is 112 Å². The van der Waals surface area contributed by atoms with Crippen LogP contribution in [0.25, 0.3) is 0 Å². The van der Waals surface area contributed by atoms with Crippen molar-refractivity contribution in [1.29, 1.82) is 0 Å². The number of piperidine rings is 1. The lowest BCUT2D eigenvalue weighted by molar-refractivity contribution is -0.0281. The van der Waals surface area contributed by atoms with E-state index in [-0.39, 0.29) is 18.1 Å². The standard InChI is InChI=1S/C13H26N2O.ClH/c1-4-15-8-6-5-7-12(15)9-13(3)14-11(2)10-16-13;/h11-12,14H,4-10H2,1-3H3;1H. The summed E-state index contributed by atoms with van der Waals surface area (Å²) in [5, 5.41) is 3.57. The van der Waals surface area contributed by atoms with E-state index in [1.165, 1.54) is 32.4 Å². The molecule has 0 saturated carbocycles. The van der Waals surface area contributed by atoms with E-state index in [9.17, 15) is 0 Å². The SMILES string of the molecule is CCN1CCCCC1CC1(C)NC(C)CO1.Cl. The lowest BCUT2D eigenvalue weighted by atomic mass is 9.94. The molecule has 2 saturated heterocycles. The molecule has 3 unspecified atom stereocenters. The Morgan fingerprint density at radius 3 is 2.76 bits per heavy atom. The van der Waals surface area contributed by atoms with Crippen molar-refractivity contribution >= 4 is 12.4 Å². The maximum atomic E-state index is 5.91. The normalized spacial score (nSPS) is 39.0. The van der Waals surface area contributed by atoms with Crippen LogP contribution in [0.4, 0.5) is 0 Å². The molecule has 2 fully saturated rings. The summed E-state index contributed by atoms with van der Waals surface area (Å²) in [5.74, 6) is 0. The van der Waals surface area contributed by atoms with Gasteiger partial charge in [-0.15, -0.1) is 12.4 Å². The molecule has 0 spiro atoms. The molecule has 0 bridgehead atoms. The number of halogens is 1. The molecular weight excluding hydrogens is 236 g/mol. The van der Waals surface area contributed by atoms with E-state index in [0.29, 0.717) is 12.1 Å². The van der Waals surface area contributed by atoms with Crippen molar-refractivity contribution in [2.24, 2.45) is 0 Å². The second-order valence-electron chi connectivity index (χ2n) is 5.57. The first kappa shape index (κ1) is 15.2. The second kappa shape index (κ2) is 6.37. The van der Waals surface area contributed by atoms with Crippen LogP contribution in [0, 0.1) is 0 Å². The van der Waals surface area contributed by atoms with Gasteiger partial charge in [0.15, 0.2) is 0 Å². The molecule has 2 heterocycles. The summed E-state index contributed by atoms with van der Waals surface area (Å²) in [6.07, 6.45) is 5.21. The van der Waals surface area contributed by atoms with Crippen molar-refractivity contribution in [3.05, 3.63) is 0 Å². The summed E-state index contributed by atoms with van der Waals surface area (Å²) >= 11 is 0. The van der Waals surface area contributed by atoms with Crippen LogP contribution in [-0.4, -0.2) is 42.4 Å². The Morgan fingerprint density at radius 1 is 1.41 bits per heavy atom. The number of ether oxygens (including phenoxy) is 1. The van der Waals surface area contributed by atoms with E-state index in [2.05, 4.69) is 31.0 Å². The third-order valence-electron chi connectivity index (χ3n) is 3.98. The molecule has 2 aliphatic rings. The first-order valence-corrected chi connectivity index (χ1v) is 6.78. The Hall–Kier alpha value is 0.170. The maximum absolute atomic E-state index is 5.91. The van der Waals surface area contributed by atoms with E-state index in [4.69, 9.17) is 4.74 Å². The third kappa shape index (κ3) is 3.82. The zero-order chi connectivity index (χ0) is 11.6. The van der Waals surface area contributed by atoms with E-state index in [0.717, 1.165) is 13.0 Å². The van der Waals surface area contributed by atoms with Crippen LogP contribution in [0.5, 0.6) is 0 Å². The third-order valence-corrected chi connectivity index (χ3v) is 3.98. The molecule has 0 aromatic rings. The van der Waals surface area contributed by atoms with Gasteiger partial charge < -0.3 is 9.64 Å². The monoisotopic (exact) mass is 262 g/mol. The molecule has 102 valence electrons. The molecule has 17 heavy (non-hydrogen) atoms. The van der Waals surface area contributed by atoms with Crippen molar-refractivity contribution < 1.29 is 4.74 Å². The van der Waals surface area contributed by atoms with Gasteiger partial charge >= 0.3 is 0 Å². The Bertz CT molecular complexity index is 239. The zero-order valence-electron chi connectivity index (χ0n) is 11.4. The average Bonchev–Trinajstić information content (AvgIpc) is 2.59. The van der Waals surface area contributed by atoms with Crippen LogP contribution >= 0.6 is 12.4 Å². The minimum absolute atomic E-state index is 0. The van der Waals surface area contributed by atoms with Gasteiger partial charge in [0.05, 0.1) is 6.61 Å². The molecule has 0 aromatic heterocycles. The van der Waals surface area contributed by atoms with Crippen LogP contribution in [0.2, 0.25) is 0 Å². The van der Waals surface area contributed by atoms with Gasteiger partial charge in [0.2, 0.25) is 0 Å². The summed E-state index contributed by atoms with van der Waals surface area (Å²) in [4.78, 5) is 2.61. The van der Waals surface area contributed by atoms with Crippen LogP contribution in [0.3, 0.4) is 0 Å². The molecule has 0 aromatic carbocycles. The van der Waals surface area contributed by atoms with E-state index in [1.54, 1.807) is 0 Å². The van der Waals surface area contributed by atoms with Crippen molar-refractivity contribution in [2.45, 2.75) is 64.3 Å². The molecule has 2 rings (SSSR count). The molecule has 0 amide bonds. The minimum Gasteiger partial charge on any atom is -0.359 e. The Morgan fingerprint density at radius 2 is 2.18 bits per heavy atom. The highest BCUT2D eigenvalue weighted by atomic mass is 35.5. The first-order chi connectivity index (χ1) is 7.63. The van der Waals surface area contributed by atoms with E-state index < -0.39 is 0 Å². The van der Waals surface area contributed by atoms with Gasteiger partial charge in [-0.1, -0.05) is 13.3 Å². The van der Waals surface area contributed by atoms with Crippen molar-refractivity contribution in [1.82, 2.24) is 10.2 Å². The van der Waals surface area contributed by atoms with Gasteiger partial charge in [0, 0.05) is 18.5 Å². The number of nitrogens with one attached hydrogen (secondary N) is 1. The van der Waals surface area contributed by atoms with Crippen molar-refractivity contribution in [3.8, 4) is 0 Å². The van der Waals surface area contributed by atoms with E-state index >= 15 is 0 Å². The molecule has 3 nitrogen and oxygen atoms in total. The number of nitrogens with zero attached hydrogens (tertiary/aromatic N) is 1. The fraction of sp³-hybridized carbons (Fsp3) is 1.00. The second-order valence-corrected chi connectivity index (χ2v) is 5.57. The zero-order valence-corrected chi connectivity index (χ0v) is 12.2. The Balaban J connectivity index is 0.00000144. The quantitative estimate of drug-likeness (QED) is 0.845. The van der Waals surface area contributed by atoms with Gasteiger partial charge in [-0.3, -0.25) is 5.32 Å². The highest BCUT2D eigenvalue weighted by molar-refractivity contribution is 5.85. The van der Waals surface area contributed by atoms with Crippen molar-refractivity contribution in [2.75, 3.05) is 19.7 Å². The molecular formula is C13H27ClN2O. The summed E-state index contributed by atoms with van der Waals surface area (Å²) in [6.45, 7) is 9.98. The number of hydrogen-bond donors (Lipinski definition) is 1. The van der Waals surface area contributed by atoms with Crippen LogP contribution < -0.4 is 5.32 Å². The molecule has 1 N–H and O–H groups in total. The summed E-state index contributed by atoms with van der Waals surface area (Å²) in [7, 11) is 0. The fourth-order valence-electron chi connectivity index (χ4n) is 3.19. The average molecular weight is 263 g/mol.